The van der Waals surface area contributed by atoms with Gasteiger partial charge in [0.1, 0.15) is 0 Å². The second-order valence-corrected chi connectivity index (χ2v) is 4.20. The summed E-state index contributed by atoms with van der Waals surface area (Å²) in [5.74, 6) is -2.91. The third-order valence-electron chi connectivity index (χ3n) is 1.83. The van der Waals surface area contributed by atoms with E-state index in [9.17, 15) is 24.0 Å². The number of methoxy groups -OCH3 is 1. The second-order valence-electron chi connectivity index (χ2n) is 4.20. The summed E-state index contributed by atoms with van der Waals surface area (Å²) in [4.78, 5) is 51.4. The Balaban J connectivity index is -0.0000000440. The zero-order valence-corrected chi connectivity index (χ0v) is 24.9. The van der Waals surface area contributed by atoms with Gasteiger partial charge in [-0.3, -0.25) is 19.2 Å². The van der Waals surface area contributed by atoms with Crippen LogP contribution in [0, 0.1) is 0 Å². The van der Waals surface area contributed by atoms with E-state index in [-0.39, 0.29) is 19.4 Å². The van der Waals surface area contributed by atoms with E-state index >= 15 is 0 Å². The first-order valence-electron chi connectivity index (χ1n) is 12.4. The molecule has 4 N–H and O–H groups in total. The molecule has 0 radical (unpaired) electrons. The molecular weight excluding hydrogens is 456 g/mol. The lowest BCUT2D eigenvalue weighted by Gasteiger charge is -2.08. The van der Waals surface area contributed by atoms with Crippen molar-refractivity contribution in [2.24, 2.45) is 5.73 Å². The molecule has 0 aromatic carbocycles. The molecule has 0 unspecified atom stereocenters. The fourth-order valence-corrected chi connectivity index (χ4v) is 0.795. The molecule has 0 saturated heterocycles. The molecule has 214 valence electrons. The highest BCUT2D eigenvalue weighted by atomic mass is 16.5. The molecule has 0 fully saturated rings. The fraction of sp³-hybridized carbons (Fsp3) is 0.720. The van der Waals surface area contributed by atoms with Gasteiger partial charge in [-0.15, -0.1) is 0 Å². The minimum atomic E-state index is -0.954. The Bertz CT molecular complexity index is 462. The van der Waals surface area contributed by atoms with Crippen molar-refractivity contribution in [1.29, 1.82) is 0 Å². The minimum Gasteiger partial charge on any atom is -0.481 e. The van der Waals surface area contributed by atoms with Gasteiger partial charge in [0.2, 0.25) is 0 Å². The van der Waals surface area contributed by atoms with Crippen molar-refractivity contribution in [3.63, 3.8) is 0 Å². The number of carboxylic acid groups (broad SMARTS) is 2. The summed E-state index contributed by atoms with van der Waals surface area (Å²) in [6.45, 7) is 26.1. The fourth-order valence-electron chi connectivity index (χ4n) is 0.795. The highest BCUT2D eigenvalue weighted by Gasteiger charge is 2.30. The van der Waals surface area contributed by atoms with Crippen LogP contribution in [0.5, 0.6) is 0 Å². The van der Waals surface area contributed by atoms with Gasteiger partial charge in [-0.05, 0) is 0 Å². The molecular formula is C25H56N2O8. The Kier molecular flexibility index (Phi) is 88.4. The SMILES string of the molecule is CC.CC.CC.CC.CC.CCC.CCC(=O)O.COC(=O)N1C(=O)C=CC1=O.NCCC(=O)O. The minimum absolute atomic E-state index is 0.0694. The van der Waals surface area contributed by atoms with Crippen LogP contribution in [0.2, 0.25) is 0 Å². The Labute approximate surface area is 214 Å². The van der Waals surface area contributed by atoms with Crippen LogP contribution in [0.4, 0.5) is 4.79 Å². The van der Waals surface area contributed by atoms with E-state index in [4.69, 9.17) is 15.9 Å². The van der Waals surface area contributed by atoms with Gasteiger partial charge in [-0.25, -0.2) is 4.79 Å². The number of carbonyl (C=O) groups excluding carboxylic acids is 3. The van der Waals surface area contributed by atoms with Crippen LogP contribution in [0.25, 0.3) is 0 Å². The van der Waals surface area contributed by atoms with Crippen LogP contribution in [0.3, 0.4) is 0 Å². The molecule has 0 aromatic heterocycles. The summed E-state index contributed by atoms with van der Waals surface area (Å²) < 4.78 is 4.18. The van der Waals surface area contributed by atoms with Gasteiger partial charge >= 0.3 is 18.0 Å². The summed E-state index contributed by atoms with van der Waals surface area (Å²) in [6, 6.07) is 0. The molecule has 1 rings (SSSR count). The van der Waals surface area contributed by atoms with Crippen molar-refractivity contribution in [2.75, 3.05) is 13.7 Å². The Morgan fingerprint density at radius 2 is 1.03 bits per heavy atom. The zero-order chi connectivity index (χ0) is 30.4. The van der Waals surface area contributed by atoms with Crippen LogP contribution in [0.1, 0.15) is 109 Å². The van der Waals surface area contributed by atoms with Crippen molar-refractivity contribution < 1.29 is 38.9 Å². The lowest BCUT2D eigenvalue weighted by atomic mass is 10.5. The number of carboxylic acids is 2. The maximum atomic E-state index is 10.7. The maximum Gasteiger partial charge on any atom is 0.423 e. The van der Waals surface area contributed by atoms with E-state index in [0.717, 1.165) is 19.3 Å². The quantitative estimate of drug-likeness (QED) is 0.377. The number of hydrogen-bond acceptors (Lipinski definition) is 7. The van der Waals surface area contributed by atoms with E-state index in [0.29, 0.717) is 4.90 Å². The molecule has 3 amide bonds. The van der Waals surface area contributed by atoms with E-state index in [1.165, 1.54) is 6.42 Å². The summed E-state index contributed by atoms with van der Waals surface area (Å²) in [7, 11) is 1.10. The van der Waals surface area contributed by atoms with Crippen molar-refractivity contribution >= 4 is 29.8 Å². The maximum absolute atomic E-state index is 10.7. The van der Waals surface area contributed by atoms with Crippen LogP contribution < -0.4 is 5.73 Å². The van der Waals surface area contributed by atoms with E-state index in [2.05, 4.69) is 18.6 Å². The molecule has 1 aliphatic rings. The normalized spacial score (nSPS) is 8.83. The number of nitrogens with zero attached hydrogens (tertiary/aromatic N) is 1. The molecule has 10 heteroatoms. The predicted octanol–water partition coefficient (Wildman–Crippen LogP) is 6.13. The van der Waals surface area contributed by atoms with Crippen LogP contribution in [-0.4, -0.2) is 58.6 Å². The standard InChI is InChI=1S/C6H5NO4.C3H7NO2.C3H6O2.C3H8.5C2H6/c1-11-6(10)7-4(8)2-3-5(7)9;4-2-1-3(5)6;1-2-3(4)5;1-3-2;5*1-2/h2-3H,1H3;1-2,4H2,(H,5,6);2H2,1H3,(H,4,5);3H2,1-2H3;5*1-2H3. The summed E-state index contributed by atoms with van der Waals surface area (Å²) in [5.41, 5.74) is 4.85. The van der Waals surface area contributed by atoms with E-state index in [1.807, 2.05) is 69.2 Å². The number of ether oxygens (including phenoxy) is 1. The second kappa shape index (κ2) is 57.8. The molecule has 10 nitrogen and oxygen atoms in total. The Morgan fingerprint density at radius 1 is 0.771 bits per heavy atom. The highest BCUT2D eigenvalue weighted by Crippen LogP contribution is 2.04. The number of imide groups is 3. The average molecular weight is 513 g/mol. The Hall–Kier alpha value is -2.75. The smallest absolute Gasteiger partial charge is 0.423 e. The topological polar surface area (TPSA) is 164 Å². The van der Waals surface area contributed by atoms with Crippen molar-refractivity contribution in [1.82, 2.24) is 4.90 Å². The Morgan fingerprint density at radius 3 is 1.14 bits per heavy atom. The lowest BCUT2D eigenvalue weighted by molar-refractivity contribution is -0.137. The number of hydrogen-bond donors (Lipinski definition) is 3. The molecule has 0 saturated carbocycles. The molecule has 0 aromatic rings. The largest absolute Gasteiger partial charge is 0.481 e. The van der Waals surface area contributed by atoms with Crippen LogP contribution >= 0.6 is 0 Å². The number of carbonyl (C=O) groups is 5. The highest BCUT2D eigenvalue weighted by molar-refractivity contribution is 6.21. The van der Waals surface area contributed by atoms with Crippen LogP contribution in [-0.2, 0) is 23.9 Å². The molecule has 35 heavy (non-hydrogen) atoms. The third-order valence-corrected chi connectivity index (χ3v) is 1.83. The van der Waals surface area contributed by atoms with Gasteiger partial charge in [0.15, 0.2) is 0 Å². The molecule has 0 aliphatic carbocycles. The molecule has 1 heterocycles. The van der Waals surface area contributed by atoms with Gasteiger partial charge < -0.3 is 20.7 Å². The molecule has 0 spiro atoms. The molecule has 0 bridgehead atoms. The number of amides is 3. The van der Waals surface area contributed by atoms with Gasteiger partial charge in [0.05, 0.1) is 13.5 Å². The van der Waals surface area contributed by atoms with E-state index in [1.54, 1.807) is 6.92 Å². The first-order valence-corrected chi connectivity index (χ1v) is 12.4. The van der Waals surface area contributed by atoms with Crippen molar-refractivity contribution in [2.45, 2.75) is 109 Å². The molecule has 1 aliphatic heterocycles. The third kappa shape index (κ3) is 59.2. The predicted molar refractivity (Wildman–Crippen MR) is 145 cm³/mol. The summed E-state index contributed by atoms with van der Waals surface area (Å²) in [5, 5.41) is 15.6. The van der Waals surface area contributed by atoms with Gasteiger partial charge in [0.25, 0.3) is 11.8 Å². The van der Waals surface area contributed by atoms with Gasteiger partial charge in [-0.1, -0.05) is 96.4 Å². The van der Waals surface area contributed by atoms with Gasteiger partial charge in [0, 0.05) is 25.1 Å². The molecule has 0 atom stereocenters. The summed E-state index contributed by atoms with van der Waals surface area (Å²) in [6.07, 6.45) is 2.61. The zero-order valence-electron chi connectivity index (χ0n) is 24.9. The van der Waals surface area contributed by atoms with Crippen molar-refractivity contribution in [3.8, 4) is 0 Å². The number of nitrogens with two attached hydrogens (primary N) is 1. The van der Waals surface area contributed by atoms with Crippen LogP contribution in [0.15, 0.2) is 12.2 Å². The monoisotopic (exact) mass is 512 g/mol. The van der Waals surface area contributed by atoms with Crippen molar-refractivity contribution in [3.05, 3.63) is 12.2 Å². The summed E-state index contributed by atoms with van der Waals surface area (Å²) >= 11 is 0. The average Bonchev–Trinajstić information content (AvgIpc) is 3.23. The first kappa shape index (κ1) is 53.6. The number of rotatable bonds is 3. The van der Waals surface area contributed by atoms with Gasteiger partial charge in [-0.2, -0.15) is 4.90 Å². The first-order chi connectivity index (χ1) is 16.6. The number of aliphatic carboxylic acids is 2. The van der Waals surface area contributed by atoms with E-state index < -0.39 is 29.8 Å². The lowest BCUT2D eigenvalue weighted by Crippen LogP contribution is -2.35.